The molecule has 0 bridgehead atoms. The highest BCUT2D eigenvalue weighted by Crippen LogP contribution is 2.26. The molecule has 2 aromatic rings. The minimum absolute atomic E-state index is 0.156. The molecule has 136 valence electrons. The molecule has 0 atom stereocenters. The number of nitrogens with zero attached hydrogens (tertiary/aromatic N) is 3. The average Bonchev–Trinajstić information content (AvgIpc) is 3.05. The van der Waals surface area contributed by atoms with E-state index in [0.29, 0.717) is 15.1 Å². The zero-order chi connectivity index (χ0) is 19.5. The van der Waals surface area contributed by atoms with Crippen LogP contribution in [-0.2, 0) is 10.2 Å². The first-order valence-electron chi connectivity index (χ1n) is 7.37. The molecule has 9 nitrogen and oxygen atoms in total. The standard InChI is InChI=1S/C16H16N4O5S/c1-19(9-2-8-17)15(21)12-5-3-11(4-6-12)13-7-10-20(26(18,24)25)14(13)16(22)23/h3-7,10H,2,9H2,1H3,(H,22,23)(H2,18,24,25). The van der Waals surface area contributed by atoms with Gasteiger partial charge in [-0.3, -0.25) is 4.79 Å². The van der Waals surface area contributed by atoms with Crippen LogP contribution in [0.2, 0.25) is 0 Å². The highest BCUT2D eigenvalue weighted by Gasteiger charge is 2.23. The second kappa shape index (κ2) is 7.38. The highest BCUT2D eigenvalue weighted by atomic mass is 32.2. The second-order valence-corrected chi connectivity index (χ2v) is 6.86. The number of benzene rings is 1. The number of hydrogen-bond donors (Lipinski definition) is 2. The Hall–Kier alpha value is -3.16. The van der Waals surface area contributed by atoms with E-state index in [4.69, 9.17) is 10.4 Å². The van der Waals surface area contributed by atoms with Crippen LogP contribution >= 0.6 is 0 Å². The lowest BCUT2D eigenvalue weighted by Crippen LogP contribution is -2.27. The Labute approximate surface area is 150 Å². The third-order valence-corrected chi connectivity index (χ3v) is 4.53. The summed E-state index contributed by atoms with van der Waals surface area (Å²) in [5.74, 6) is -1.73. The molecule has 0 fully saturated rings. The van der Waals surface area contributed by atoms with Gasteiger partial charge in [0.1, 0.15) is 0 Å². The second-order valence-electron chi connectivity index (χ2n) is 5.44. The van der Waals surface area contributed by atoms with Gasteiger partial charge in [-0.15, -0.1) is 0 Å². The lowest BCUT2D eigenvalue weighted by Gasteiger charge is -2.15. The fourth-order valence-corrected chi connectivity index (χ4v) is 3.06. The molecule has 0 spiro atoms. The maximum Gasteiger partial charge on any atom is 0.354 e. The molecule has 3 N–H and O–H groups in total. The Morgan fingerprint density at radius 1 is 1.27 bits per heavy atom. The van der Waals surface area contributed by atoms with Gasteiger partial charge in [-0.05, 0) is 23.8 Å². The van der Waals surface area contributed by atoms with Crippen LogP contribution in [0.4, 0.5) is 0 Å². The minimum Gasteiger partial charge on any atom is -0.477 e. The number of nitrogens with two attached hydrogens (primary N) is 1. The molecule has 0 aliphatic rings. The molecule has 1 amide bonds. The van der Waals surface area contributed by atoms with E-state index in [0.717, 1.165) is 6.20 Å². The lowest BCUT2D eigenvalue weighted by molar-refractivity contribution is 0.0689. The quantitative estimate of drug-likeness (QED) is 0.765. The molecule has 1 heterocycles. The van der Waals surface area contributed by atoms with Gasteiger partial charge in [-0.2, -0.15) is 13.7 Å². The van der Waals surface area contributed by atoms with Gasteiger partial charge < -0.3 is 10.0 Å². The number of aromatic carboxylic acids is 1. The molecule has 1 aromatic heterocycles. The van der Waals surface area contributed by atoms with Crippen molar-refractivity contribution in [3.8, 4) is 17.2 Å². The van der Waals surface area contributed by atoms with Crippen molar-refractivity contribution in [2.24, 2.45) is 5.14 Å². The Bertz CT molecular complexity index is 987. The molecular formula is C16H16N4O5S. The predicted molar refractivity (Wildman–Crippen MR) is 92.5 cm³/mol. The predicted octanol–water partition coefficient (Wildman–Crippen LogP) is 0.891. The maximum atomic E-state index is 12.2. The lowest BCUT2D eigenvalue weighted by atomic mass is 10.0. The number of hydrogen-bond acceptors (Lipinski definition) is 5. The average molecular weight is 376 g/mol. The molecule has 0 unspecified atom stereocenters. The molecule has 0 radical (unpaired) electrons. The van der Waals surface area contributed by atoms with Crippen molar-refractivity contribution in [2.45, 2.75) is 6.42 Å². The first-order chi connectivity index (χ1) is 12.2. The number of carboxylic acids is 1. The summed E-state index contributed by atoms with van der Waals surface area (Å²) < 4.78 is 23.5. The van der Waals surface area contributed by atoms with Crippen LogP contribution in [0.25, 0.3) is 11.1 Å². The van der Waals surface area contributed by atoms with Crippen LogP contribution in [-0.4, -0.2) is 47.9 Å². The number of nitriles is 1. The highest BCUT2D eigenvalue weighted by molar-refractivity contribution is 7.87. The molecule has 1 aromatic carbocycles. The summed E-state index contributed by atoms with van der Waals surface area (Å²) in [4.78, 5) is 25.1. The van der Waals surface area contributed by atoms with Gasteiger partial charge in [0.15, 0.2) is 5.69 Å². The van der Waals surface area contributed by atoms with Crippen molar-refractivity contribution in [1.29, 1.82) is 5.26 Å². The zero-order valence-electron chi connectivity index (χ0n) is 13.8. The van der Waals surface area contributed by atoms with Gasteiger partial charge >= 0.3 is 16.2 Å². The van der Waals surface area contributed by atoms with E-state index in [1.807, 2.05) is 6.07 Å². The number of carboxylic acid groups (broad SMARTS) is 1. The molecule has 26 heavy (non-hydrogen) atoms. The van der Waals surface area contributed by atoms with Crippen LogP contribution in [0, 0.1) is 11.3 Å². The van der Waals surface area contributed by atoms with Crippen molar-refractivity contribution < 1.29 is 23.1 Å². The van der Waals surface area contributed by atoms with Crippen LogP contribution in [0.15, 0.2) is 36.5 Å². The summed E-state index contributed by atoms with van der Waals surface area (Å²) in [5, 5.41) is 22.9. The molecule has 0 saturated heterocycles. The van der Waals surface area contributed by atoms with Gasteiger partial charge in [-0.1, -0.05) is 12.1 Å². The molecule has 0 aliphatic heterocycles. The van der Waals surface area contributed by atoms with Gasteiger partial charge in [-0.25, -0.2) is 13.9 Å². The van der Waals surface area contributed by atoms with E-state index in [9.17, 15) is 23.1 Å². The number of rotatable bonds is 6. The van der Waals surface area contributed by atoms with Crippen LogP contribution in [0.1, 0.15) is 27.3 Å². The molecule has 0 saturated carbocycles. The SMILES string of the molecule is CN(CCC#N)C(=O)c1ccc(-c2ccn(S(N)(=O)=O)c2C(=O)O)cc1. The summed E-state index contributed by atoms with van der Waals surface area (Å²) in [5.41, 5.74) is 0.444. The topological polar surface area (TPSA) is 146 Å². The van der Waals surface area contributed by atoms with E-state index in [2.05, 4.69) is 0 Å². The summed E-state index contributed by atoms with van der Waals surface area (Å²) in [6.07, 6.45) is 1.27. The first-order valence-corrected chi connectivity index (χ1v) is 8.88. The van der Waals surface area contributed by atoms with Crippen molar-refractivity contribution in [3.05, 3.63) is 47.8 Å². The Kier molecular flexibility index (Phi) is 5.44. The van der Waals surface area contributed by atoms with Crippen molar-refractivity contribution >= 4 is 22.1 Å². The van der Waals surface area contributed by atoms with Gasteiger partial charge in [0.25, 0.3) is 5.91 Å². The Morgan fingerprint density at radius 3 is 2.38 bits per heavy atom. The maximum absolute atomic E-state index is 12.2. The summed E-state index contributed by atoms with van der Waals surface area (Å²) in [6, 6.07) is 9.31. The van der Waals surface area contributed by atoms with E-state index < -0.39 is 21.9 Å². The third kappa shape index (κ3) is 3.90. The summed E-state index contributed by atoms with van der Waals surface area (Å²) >= 11 is 0. The normalized spacial score (nSPS) is 11.0. The summed E-state index contributed by atoms with van der Waals surface area (Å²) in [6.45, 7) is 0.289. The molecular weight excluding hydrogens is 360 g/mol. The van der Waals surface area contributed by atoms with Crippen LogP contribution in [0.3, 0.4) is 0 Å². The van der Waals surface area contributed by atoms with Crippen molar-refractivity contribution in [3.63, 3.8) is 0 Å². The number of carbonyl (C=O) groups excluding carboxylic acids is 1. The largest absolute Gasteiger partial charge is 0.477 e. The zero-order valence-corrected chi connectivity index (χ0v) is 14.6. The van der Waals surface area contributed by atoms with Crippen LogP contribution < -0.4 is 5.14 Å². The minimum atomic E-state index is -4.26. The number of carbonyl (C=O) groups is 2. The summed E-state index contributed by atoms with van der Waals surface area (Å²) in [7, 11) is -2.69. The fraction of sp³-hybridized carbons (Fsp3) is 0.188. The van der Waals surface area contributed by atoms with Gasteiger partial charge in [0.05, 0.1) is 12.5 Å². The first kappa shape index (κ1) is 19.2. The number of amides is 1. The fourth-order valence-electron chi connectivity index (χ4n) is 2.40. The smallest absolute Gasteiger partial charge is 0.354 e. The van der Waals surface area contributed by atoms with Crippen molar-refractivity contribution in [1.82, 2.24) is 8.87 Å². The Balaban J connectivity index is 2.38. The molecule has 2 rings (SSSR count). The Morgan fingerprint density at radius 2 is 1.88 bits per heavy atom. The molecule has 0 aliphatic carbocycles. The van der Waals surface area contributed by atoms with Gasteiger partial charge in [0, 0.05) is 30.9 Å². The van der Waals surface area contributed by atoms with Crippen molar-refractivity contribution in [2.75, 3.05) is 13.6 Å². The van der Waals surface area contributed by atoms with E-state index >= 15 is 0 Å². The van der Waals surface area contributed by atoms with Crippen LogP contribution in [0.5, 0.6) is 0 Å². The number of aromatic nitrogens is 1. The van der Waals surface area contributed by atoms with Gasteiger partial charge in [0.2, 0.25) is 0 Å². The monoisotopic (exact) mass is 376 g/mol. The van der Waals surface area contributed by atoms with E-state index in [1.165, 1.54) is 35.2 Å². The third-order valence-electron chi connectivity index (χ3n) is 3.68. The molecule has 10 heteroatoms. The van der Waals surface area contributed by atoms with E-state index in [1.54, 1.807) is 7.05 Å². The van der Waals surface area contributed by atoms with E-state index in [-0.39, 0.29) is 24.4 Å².